The first-order valence-corrected chi connectivity index (χ1v) is 8.16. The van der Waals surface area contributed by atoms with Gasteiger partial charge in [-0.15, -0.1) is 0 Å². The van der Waals surface area contributed by atoms with Gasteiger partial charge in [-0.25, -0.2) is 0 Å². The van der Waals surface area contributed by atoms with E-state index < -0.39 is 29.1 Å². The fourth-order valence-electron chi connectivity index (χ4n) is 5.22. The highest BCUT2D eigenvalue weighted by atomic mass is 19.3. The molecule has 136 valence electrons. The van der Waals surface area contributed by atoms with Gasteiger partial charge in [-0.05, 0) is 50.4 Å². The smallest absolute Gasteiger partial charge is 0.398 e. The predicted molar refractivity (Wildman–Crippen MR) is 73.7 cm³/mol. The zero-order valence-corrected chi connectivity index (χ0v) is 13.5. The molecule has 0 N–H and O–H groups in total. The van der Waals surface area contributed by atoms with Crippen LogP contribution in [-0.2, 0) is 23.8 Å². The molecule has 6 nitrogen and oxygen atoms in total. The van der Waals surface area contributed by atoms with Crippen LogP contribution in [-0.4, -0.2) is 44.0 Å². The molecule has 24 heavy (non-hydrogen) atoms. The second-order valence-electron chi connectivity index (χ2n) is 7.46. The summed E-state index contributed by atoms with van der Waals surface area (Å²) in [7, 11) is 1.49. The van der Waals surface area contributed by atoms with Crippen molar-refractivity contribution in [3.8, 4) is 0 Å². The number of carboxylic acid groups (broad SMARTS) is 1. The molecule has 4 aliphatic rings. The van der Waals surface area contributed by atoms with Crippen LogP contribution in [0.2, 0.25) is 0 Å². The molecule has 2 unspecified atom stereocenters. The fourth-order valence-corrected chi connectivity index (χ4v) is 5.22. The van der Waals surface area contributed by atoms with Gasteiger partial charge >= 0.3 is 12.1 Å². The van der Waals surface area contributed by atoms with E-state index in [2.05, 4.69) is 0 Å². The van der Waals surface area contributed by atoms with Crippen molar-refractivity contribution < 1.29 is 37.7 Å². The maximum atomic E-state index is 13.6. The minimum atomic E-state index is -4.35. The van der Waals surface area contributed by atoms with Crippen LogP contribution >= 0.6 is 0 Å². The van der Waals surface area contributed by atoms with Crippen molar-refractivity contribution in [2.75, 3.05) is 20.3 Å². The maximum Gasteiger partial charge on any atom is 0.398 e. The van der Waals surface area contributed by atoms with Crippen LogP contribution in [0.15, 0.2) is 0 Å². The number of hydrogen-bond acceptors (Lipinski definition) is 6. The third-order valence-corrected chi connectivity index (χ3v) is 5.54. The van der Waals surface area contributed by atoms with E-state index in [1.807, 2.05) is 0 Å². The number of carbonyl (C=O) groups excluding carboxylic acids is 2. The van der Waals surface area contributed by atoms with E-state index in [1.54, 1.807) is 0 Å². The Kier molecular flexibility index (Phi) is 4.32. The molecule has 0 heterocycles. The summed E-state index contributed by atoms with van der Waals surface area (Å²) < 4.78 is 42.1. The first-order chi connectivity index (χ1) is 11.2. The number of methoxy groups -OCH3 is 1. The summed E-state index contributed by atoms with van der Waals surface area (Å²) >= 11 is 0. The van der Waals surface area contributed by atoms with Crippen molar-refractivity contribution >= 4 is 11.9 Å². The molecule has 0 aromatic rings. The van der Waals surface area contributed by atoms with E-state index in [-0.39, 0.29) is 31.5 Å². The third kappa shape index (κ3) is 3.01. The summed E-state index contributed by atoms with van der Waals surface area (Å²) in [5.74, 6) is -2.83. The zero-order valence-electron chi connectivity index (χ0n) is 13.5. The number of rotatable bonds is 7. The Morgan fingerprint density at radius 1 is 1.17 bits per heavy atom. The Morgan fingerprint density at radius 3 is 2.33 bits per heavy atom. The van der Waals surface area contributed by atoms with E-state index in [0.717, 1.165) is 6.42 Å². The Morgan fingerprint density at radius 2 is 1.79 bits per heavy atom. The third-order valence-electron chi connectivity index (χ3n) is 5.54. The van der Waals surface area contributed by atoms with Crippen molar-refractivity contribution in [2.24, 2.45) is 17.3 Å². The summed E-state index contributed by atoms with van der Waals surface area (Å²) in [6.07, 6.45) is -1.57. The molecule has 0 aliphatic heterocycles. The topological polar surface area (TPSA) is 84.9 Å². The van der Waals surface area contributed by atoms with Crippen molar-refractivity contribution in [3.05, 3.63) is 0 Å². The van der Waals surface area contributed by atoms with Crippen molar-refractivity contribution in [2.45, 2.75) is 50.2 Å². The highest BCUT2D eigenvalue weighted by molar-refractivity contribution is 5.78. The molecule has 0 spiro atoms. The molecule has 8 heteroatoms. The van der Waals surface area contributed by atoms with Gasteiger partial charge in [-0.2, -0.15) is 8.78 Å². The minimum absolute atomic E-state index is 0.0683. The fraction of sp³-hybridized carbons (Fsp3) is 0.875. The molecule has 0 amide bonds. The van der Waals surface area contributed by atoms with Crippen molar-refractivity contribution in [3.63, 3.8) is 0 Å². The molecule has 4 aliphatic carbocycles. The van der Waals surface area contributed by atoms with Crippen LogP contribution in [0, 0.1) is 17.3 Å². The lowest BCUT2D eigenvalue weighted by Gasteiger charge is -2.60. The molecular formula is C16H21F2O6-. The van der Waals surface area contributed by atoms with Crippen molar-refractivity contribution in [1.29, 1.82) is 0 Å². The number of carbonyl (C=O) groups is 2. The summed E-state index contributed by atoms with van der Waals surface area (Å²) in [6.45, 7) is 0.370. The first-order valence-electron chi connectivity index (χ1n) is 8.16. The van der Waals surface area contributed by atoms with E-state index in [9.17, 15) is 23.5 Å². The lowest BCUT2D eigenvalue weighted by atomic mass is 9.48. The largest absolute Gasteiger partial charge is 0.542 e. The van der Waals surface area contributed by atoms with Gasteiger partial charge in [0.05, 0.1) is 17.6 Å². The second-order valence-corrected chi connectivity index (χ2v) is 7.46. The van der Waals surface area contributed by atoms with Gasteiger partial charge < -0.3 is 24.1 Å². The van der Waals surface area contributed by atoms with Crippen LogP contribution in [0.1, 0.15) is 38.5 Å². The lowest BCUT2D eigenvalue weighted by Crippen LogP contribution is -2.62. The summed E-state index contributed by atoms with van der Waals surface area (Å²) in [5.41, 5.74) is -2.16. The Bertz CT molecular complexity index is 521. The lowest BCUT2D eigenvalue weighted by molar-refractivity contribution is -0.387. The van der Waals surface area contributed by atoms with Crippen LogP contribution in [0.4, 0.5) is 8.78 Å². The number of hydrogen-bond donors (Lipinski definition) is 0. The van der Waals surface area contributed by atoms with Gasteiger partial charge in [0.25, 0.3) is 0 Å². The van der Waals surface area contributed by atoms with E-state index in [0.29, 0.717) is 25.7 Å². The van der Waals surface area contributed by atoms with Crippen molar-refractivity contribution in [1.82, 2.24) is 0 Å². The van der Waals surface area contributed by atoms with Crippen LogP contribution < -0.4 is 5.11 Å². The first kappa shape index (κ1) is 17.5. The maximum absolute atomic E-state index is 13.6. The highest BCUT2D eigenvalue weighted by Gasteiger charge is 2.64. The standard InChI is InChI=1S/C16H22F2O6/c1-22-2-3-23-13(21)14-5-10-4-11(6-14)8-15(7-10,9-14)24-16(17,18)12(19)20/h10-11H,2-9H2,1H3,(H,19,20)/p-1. The van der Waals surface area contributed by atoms with E-state index in [4.69, 9.17) is 14.2 Å². The van der Waals surface area contributed by atoms with Crippen LogP contribution in [0.3, 0.4) is 0 Å². The number of halogens is 2. The van der Waals surface area contributed by atoms with Gasteiger partial charge in [0.2, 0.25) is 0 Å². The molecule has 4 bridgehead atoms. The summed E-state index contributed by atoms with van der Waals surface area (Å²) in [4.78, 5) is 23.2. The quantitative estimate of drug-likeness (QED) is 0.502. The summed E-state index contributed by atoms with van der Waals surface area (Å²) in [6, 6.07) is 0. The van der Waals surface area contributed by atoms with Gasteiger partial charge in [0.1, 0.15) is 12.6 Å². The predicted octanol–water partition coefficient (Wildman–Crippen LogP) is 0.874. The molecule has 0 aromatic heterocycles. The number of esters is 1. The Balaban J connectivity index is 1.79. The molecule has 0 radical (unpaired) electrons. The van der Waals surface area contributed by atoms with Gasteiger partial charge in [0, 0.05) is 7.11 Å². The van der Waals surface area contributed by atoms with Gasteiger partial charge in [0.15, 0.2) is 0 Å². The number of carboxylic acids is 1. The molecule has 0 saturated heterocycles. The SMILES string of the molecule is COCCOC(=O)C12CC3CC(CC(OC(F)(F)C(=O)[O-])(C3)C1)C2. The Hall–Kier alpha value is -1.28. The highest BCUT2D eigenvalue weighted by Crippen LogP contribution is 2.63. The average molecular weight is 347 g/mol. The molecule has 0 aromatic carbocycles. The molecule has 4 fully saturated rings. The molecule has 4 saturated carbocycles. The zero-order chi connectivity index (χ0) is 17.6. The summed E-state index contributed by atoms with van der Waals surface area (Å²) in [5, 5.41) is 10.6. The van der Waals surface area contributed by atoms with E-state index >= 15 is 0 Å². The number of ether oxygens (including phenoxy) is 3. The average Bonchev–Trinajstić information content (AvgIpc) is 2.44. The number of aliphatic carboxylic acids is 1. The van der Waals surface area contributed by atoms with E-state index in [1.165, 1.54) is 7.11 Å². The van der Waals surface area contributed by atoms with Crippen LogP contribution in [0.5, 0.6) is 0 Å². The Labute approximate surface area is 138 Å². The number of alkyl halides is 2. The molecule has 2 atom stereocenters. The van der Waals surface area contributed by atoms with Gasteiger partial charge in [-0.3, -0.25) is 4.79 Å². The molecule has 4 rings (SSSR count). The van der Waals surface area contributed by atoms with Crippen LogP contribution in [0.25, 0.3) is 0 Å². The second kappa shape index (κ2) is 5.91. The monoisotopic (exact) mass is 347 g/mol. The molecular weight excluding hydrogens is 326 g/mol. The van der Waals surface area contributed by atoms with Gasteiger partial charge in [-0.1, -0.05) is 0 Å². The minimum Gasteiger partial charge on any atom is -0.542 e. The normalized spacial score (nSPS) is 37.5.